The van der Waals surface area contributed by atoms with Gasteiger partial charge in [0, 0.05) is 37.4 Å². The van der Waals surface area contributed by atoms with Crippen LogP contribution in [-0.4, -0.2) is 48.9 Å². The molecule has 0 spiro atoms. The van der Waals surface area contributed by atoms with Gasteiger partial charge in [0.25, 0.3) is 5.91 Å². The molecule has 0 aromatic heterocycles. The summed E-state index contributed by atoms with van der Waals surface area (Å²) in [6, 6.07) is 15.5. The molecule has 2 amide bonds. The topological polar surface area (TPSA) is 52.7 Å². The van der Waals surface area contributed by atoms with Crippen molar-refractivity contribution in [3.63, 3.8) is 0 Å². The zero-order valence-electron chi connectivity index (χ0n) is 18.5. The summed E-state index contributed by atoms with van der Waals surface area (Å²) in [6.07, 6.45) is 0.934. The average Bonchev–Trinajstić information content (AvgIpc) is 2.77. The molecule has 0 saturated carbocycles. The first-order valence-corrected chi connectivity index (χ1v) is 10.9. The minimum absolute atomic E-state index is 0.00687. The Kier molecular flexibility index (Phi) is 7.14. The number of anilines is 1. The minimum atomic E-state index is -0.520. The predicted octanol–water partition coefficient (Wildman–Crippen LogP) is 3.66. The van der Waals surface area contributed by atoms with Crippen LogP contribution in [0.4, 0.5) is 5.69 Å². The van der Waals surface area contributed by atoms with Gasteiger partial charge in [0.15, 0.2) is 0 Å². The van der Waals surface area contributed by atoms with Gasteiger partial charge >= 0.3 is 0 Å². The fraction of sp³-hybridized carbons (Fsp3) is 0.440. The molecule has 160 valence electrons. The maximum absolute atomic E-state index is 13.2. The van der Waals surface area contributed by atoms with E-state index in [1.165, 1.54) is 16.8 Å². The van der Waals surface area contributed by atoms with E-state index >= 15 is 0 Å². The van der Waals surface area contributed by atoms with Gasteiger partial charge < -0.3 is 15.1 Å². The molecule has 0 aliphatic carbocycles. The highest BCUT2D eigenvalue weighted by atomic mass is 16.2. The van der Waals surface area contributed by atoms with Gasteiger partial charge in [-0.15, -0.1) is 0 Å². The van der Waals surface area contributed by atoms with Gasteiger partial charge in [0.1, 0.15) is 6.04 Å². The number of rotatable bonds is 6. The normalized spacial score (nSPS) is 15.2. The molecule has 1 aliphatic rings. The minimum Gasteiger partial charge on any atom is -0.368 e. The average molecular weight is 408 g/mol. The molecule has 2 aromatic carbocycles. The molecular formula is C25H33N3O2. The summed E-state index contributed by atoms with van der Waals surface area (Å²) in [5.41, 5.74) is 4.22. The number of carbonyl (C=O) groups excluding carboxylic acids is 2. The van der Waals surface area contributed by atoms with E-state index in [9.17, 15) is 9.59 Å². The zero-order valence-corrected chi connectivity index (χ0v) is 18.5. The standard InChI is InChI=1S/C25H33N3O2/c1-5-20-9-11-21(12-10-20)24(29)26-23(18(2)3)25(30)28-15-13-27(14-16-28)22-8-6-7-19(4)17-22/h6-12,17-18,23H,5,13-16H2,1-4H3,(H,26,29). The Morgan fingerprint density at radius 2 is 1.67 bits per heavy atom. The van der Waals surface area contributed by atoms with Crippen LogP contribution in [0.5, 0.6) is 0 Å². The highest BCUT2D eigenvalue weighted by Gasteiger charge is 2.31. The number of piperazine rings is 1. The summed E-state index contributed by atoms with van der Waals surface area (Å²) >= 11 is 0. The van der Waals surface area contributed by atoms with Crippen LogP contribution in [0, 0.1) is 12.8 Å². The summed E-state index contributed by atoms with van der Waals surface area (Å²) in [5, 5.41) is 2.97. The van der Waals surface area contributed by atoms with Crippen LogP contribution in [0.1, 0.15) is 42.3 Å². The van der Waals surface area contributed by atoms with Crippen molar-refractivity contribution in [1.82, 2.24) is 10.2 Å². The third-order valence-corrected chi connectivity index (χ3v) is 5.80. The van der Waals surface area contributed by atoms with Crippen molar-refractivity contribution >= 4 is 17.5 Å². The van der Waals surface area contributed by atoms with Crippen LogP contribution >= 0.6 is 0 Å². The molecule has 30 heavy (non-hydrogen) atoms. The zero-order chi connectivity index (χ0) is 21.7. The largest absolute Gasteiger partial charge is 0.368 e. The lowest BCUT2D eigenvalue weighted by atomic mass is 10.0. The first-order chi connectivity index (χ1) is 14.4. The second-order valence-electron chi connectivity index (χ2n) is 8.40. The Morgan fingerprint density at radius 3 is 2.23 bits per heavy atom. The summed E-state index contributed by atoms with van der Waals surface area (Å²) in [4.78, 5) is 30.1. The molecule has 5 nitrogen and oxygen atoms in total. The van der Waals surface area contributed by atoms with E-state index in [4.69, 9.17) is 0 Å². The van der Waals surface area contributed by atoms with Crippen molar-refractivity contribution in [2.45, 2.75) is 40.2 Å². The summed E-state index contributed by atoms with van der Waals surface area (Å²) < 4.78 is 0. The lowest BCUT2D eigenvalue weighted by Crippen LogP contribution is -2.56. The molecule has 1 fully saturated rings. The number of hydrogen-bond acceptors (Lipinski definition) is 3. The molecule has 1 heterocycles. The van der Waals surface area contributed by atoms with E-state index in [0.29, 0.717) is 18.7 Å². The highest BCUT2D eigenvalue weighted by molar-refractivity contribution is 5.97. The summed E-state index contributed by atoms with van der Waals surface area (Å²) in [7, 11) is 0. The number of aryl methyl sites for hydroxylation is 2. The van der Waals surface area contributed by atoms with Gasteiger partial charge in [0.2, 0.25) is 5.91 Å². The predicted molar refractivity (Wildman–Crippen MR) is 122 cm³/mol. The molecule has 3 rings (SSSR count). The molecule has 2 aromatic rings. The van der Waals surface area contributed by atoms with Crippen molar-refractivity contribution in [3.05, 3.63) is 65.2 Å². The Morgan fingerprint density at radius 1 is 1.00 bits per heavy atom. The molecular weight excluding hydrogens is 374 g/mol. The first kappa shape index (κ1) is 21.9. The van der Waals surface area contributed by atoms with Gasteiger partial charge in [-0.05, 0) is 54.7 Å². The second kappa shape index (κ2) is 9.79. The maximum Gasteiger partial charge on any atom is 0.251 e. The van der Waals surface area contributed by atoms with E-state index in [1.54, 1.807) is 0 Å². The van der Waals surface area contributed by atoms with E-state index in [0.717, 1.165) is 19.5 Å². The molecule has 0 radical (unpaired) electrons. The Balaban J connectivity index is 1.62. The van der Waals surface area contributed by atoms with Gasteiger partial charge in [0.05, 0.1) is 0 Å². The number of benzene rings is 2. The number of amides is 2. The first-order valence-electron chi connectivity index (χ1n) is 10.9. The molecule has 1 aliphatic heterocycles. The molecule has 1 unspecified atom stereocenters. The van der Waals surface area contributed by atoms with E-state index in [-0.39, 0.29) is 17.7 Å². The van der Waals surface area contributed by atoms with Crippen LogP contribution in [0.15, 0.2) is 48.5 Å². The quantitative estimate of drug-likeness (QED) is 0.795. The van der Waals surface area contributed by atoms with Crippen molar-refractivity contribution in [2.24, 2.45) is 5.92 Å². The van der Waals surface area contributed by atoms with Gasteiger partial charge in [-0.2, -0.15) is 0 Å². The lowest BCUT2D eigenvalue weighted by Gasteiger charge is -2.38. The SMILES string of the molecule is CCc1ccc(C(=O)NC(C(=O)N2CCN(c3cccc(C)c3)CC2)C(C)C)cc1. The number of hydrogen-bond donors (Lipinski definition) is 1. The number of carbonyl (C=O) groups is 2. The van der Waals surface area contributed by atoms with Gasteiger partial charge in [-0.3, -0.25) is 9.59 Å². The van der Waals surface area contributed by atoms with Gasteiger partial charge in [-0.1, -0.05) is 45.0 Å². The Bertz CT molecular complexity index is 868. The molecule has 1 N–H and O–H groups in total. The molecule has 1 saturated heterocycles. The van der Waals surface area contributed by atoms with Crippen LogP contribution in [-0.2, 0) is 11.2 Å². The fourth-order valence-electron chi connectivity index (χ4n) is 3.84. The monoisotopic (exact) mass is 407 g/mol. The molecule has 5 heteroatoms. The van der Waals surface area contributed by atoms with Crippen LogP contribution < -0.4 is 10.2 Å². The number of nitrogens with zero attached hydrogens (tertiary/aromatic N) is 2. The Hall–Kier alpha value is -2.82. The highest BCUT2D eigenvalue weighted by Crippen LogP contribution is 2.19. The second-order valence-corrected chi connectivity index (χ2v) is 8.40. The van der Waals surface area contributed by atoms with E-state index in [2.05, 4.69) is 48.3 Å². The smallest absolute Gasteiger partial charge is 0.251 e. The van der Waals surface area contributed by atoms with Crippen molar-refractivity contribution in [2.75, 3.05) is 31.1 Å². The summed E-state index contributed by atoms with van der Waals surface area (Å²) in [6.45, 7) is 11.1. The van der Waals surface area contributed by atoms with Crippen LogP contribution in [0.25, 0.3) is 0 Å². The third kappa shape index (κ3) is 5.21. The molecule has 0 bridgehead atoms. The maximum atomic E-state index is 13.2. The number of nitrogens with one attached hydrogen (secondary N) is 1. The van der Waals surface area contributed by atoms with E-state index < -0.39 is 6.04 Å². The van der Waals surface area contributed by atoms with Crippen LogP contribution in [0.2, 0.25) is 0 Å². The van der Waals surface area contributed by atoms with Crippen molar-refractivity contribution < 1.29 is 9.59 Å². The van der Waals surface area contributed by atoms with Gasteiger partial charge in [-0.25, -0.2) is 0 Å². The third-order valence-electron chi connectivity index (χ3n) is 5.80. The van der Waals surface area contributed by atoms with Crippen molar-refractivity contribution in [3.8, 4) is 0 Å². The van der Waals surface area contributed by atoms with Crippen molar-refractivity contribution in [1.29, 1.82) is 0 Å². The van der Waals surface area contributed by atoms with E-state index in [1.807, 2.05) is 43.0 Å². The fourth-order valence-corrected chi connectivity index (χ4v) is 3.84. The summed E-state index contributed by atoms with van der Waals surface area (Å²) in [5.74, 6) is -0.165. The lowest BCUT2D eigenvalue weighted by molar-refractivity contribution is -0.134. The van der Waals surface area contributed by atoms with Crippen LogP contribution in [0.3, 0.4) is 0 Å². The molecule has 1 atom stereocenters. The Labute approximate surface area is 180 Å².